The lowest BCUT2D eigenvalue weighted by atomic mass is 10.00. The van der Waals surface area contributed by atoms with E-state index in [4.69, 9.17) is 5.11 Å². The van der Waals surface area contributed by atoms with Gasteiger partial charge in [0, 0.05) is 17.4 Å². The summed E-state index contributed by atoms with van der Waals surface area (Å²) in [6, 6.07) is 5.35. The molecule has 0 saturated carbocycles. The van der Waals surface area contributed by atoms with E-state index in [0.717, 1.165) is 5.56 Å². The Morgan fingerprint density at radius 1 is 1.15 bits per heavy atom. The van der Waals surface area contributed by atoms with Crippen molar-refractivity contribution >= 4 is 17.5 Å². The number of nitrogens with zero attached hydrogens (tertiary/aromatic N) is 1. The molecule has 1 aromatic rings. The van der Waals surface area contributed by atoms with Gasteiger partial charge in [-0.25, -0.2) is 0 Å². The van der Waals surface area contributed by atoms with Crippen molar-refractivity contribution in [3.05, 3.63) is 29.3 Å². The second-order valence-electron chi connectivity index (χ2n) is 5.11. The molecule has 2 rings (SSSR count). The lowest BCUT2D eigenvalue weighted by Crippen LogP contribution is -2.30. The minimum absolute atomic E-state index is 0.172. The fraction of sp³-hybridized carbons (Fsp3) is 0.375. The zero-order valence-electron chi connectivity index (χ0n) is 11.8. The number of anilines is 1. The van der Waals surface area contributed by atoms with Crippen LogP contribution in [0, 0.1) is 30.6 Å². The molecule has 4 heteroatoms. The summed E-state index contributed by atoms with van der Waals surface area (Å²) in [7, 11) is 0. The van der Waals surface area contributed by atoms with E-state index in [1.54, 1.807) is 26.0 Å². The normalized spacial score (nSPS) is 21.9. The highest BCUT2D eigenvalue weighted by molar-refractivity contribution is 6.21. The van der Waals surface area contributed by atoms with Crippen LogP contribution in [0.2, 0.25) is 0 Å². The quantitative estimate of drug-likeness (QED) is 0.622. The summed E-state index contributed by atoms with van der Waals surface area (Å²) in [6.07, 6.45) is 0. The Balaban J connectivity index is 2.45. The van der Waals surface area contributed by atoms with Gasteiger partial charge in [-0.05, 0) is 30.7 Å². The van der Waals surface area contributed by atoms with Crippen LogP contribution in [0.25, 0.3) is 0 Å². The van der Waals surface area contributed by atoms with Gasteiger partial charge in [0.1, 0.15) is 6.61 Å². The standard InChI is InChI=1S/C16H17NO3/c1-10-7-13(5-4-6-18)9-14(8-10)17-15(19)11(2)12(3)16(17)20/h7-9,11-12,18H,6H2,1-3H3. The molecular weight excluding hydrogens is 254 g/mol. The third-order valence-corrected chi connectivity index (χ3v) is 3.60. The fourth-order valence-corrected chi connectivity index (χ4v) is 2.30. The number of aliphatic hydroxyl groups excluding tert-OH is 1. The first-order valence-corrected chi connectivity index (χ1v) is 6.55. The molecule has 20 heavy (non-hydrogen) atoms. The number of imide groups is 1. The van der Waals surface area contributed by atoms with Gasteiger partial charge < -0.3 is 5.11 Å². The van der Waals surface area contributed by atoms with Crippen LogP contribution in [0.5, 0.6) is 0 Å². The number of carbonyl (C=O) groups excluding carboxylic acids is 2. The first-order chi connectivity index (χ1) is 9.45. The van der Waals surface area contributed by atoms with Crippen LogP contribution < -0.4 is 4.90 Å². The summed E-state index contributed by atoms with van der Waals surface area (Å²) in [5.74, 6) is 4.43. The number of amides is 2. The van der Waals surface area contributed by atoms with Crippen molar-refractivity contribution in [2.75, 3.05) is 11.5 Å². The minimum Gasteiger partial charge on any atom is -0.384 e. The molecule has 1 heterocycles. The number of hydrogen-bond donors (Lipinski definition) is 1. The molecule has 0 bridgehead atoms. The Morgan fingerprint density at radius 3 is 2.30 bits per heavy atom. The first kappa shape index (κ1) is 14.3. The maximum atomic E-state index is 12.2. The van der Waals surface area contributed by atoms with E-state index in [1.165, 1.54) is 4.90 Å². The van der Waals surface area contributed by atoms with Crippen molar-refractivity contribution in [2.24, 2.45) is 11.8 Å². The van der Waals surface area contributed by atoms with Crippen LogP contribution in [0.3, 0.4) is 0 Å². The van der Waals surface area contributed by atoms with Gasteiger partial charge in [-0.1, -0.05) is 25.7 Å². The van der Waals surface area contributed by atoms with Crippen LogP contribution in [-0.2, 0) is 9.59 Å². The Bertz CT molecular complexity index is 604. The highest BCUT2D eigenvalue weighted by atomic mass is 16.2. The maximum absolute atomic E-state index is 12.2. The predicted octanol–water partition coefficient (Wildman–Crippen LogP) is 1.48. The lowest BCUT2D eigenvalue weighted by Gasteiger charge is -2.15. The molecule has 1 N–H and O–H groups in total. The van der Waals surface area contributed by atoms with E-state index in [9.17, 15) is 9.59 Å². The second-order valence-corrected chi connectivity index (χ2v) is 5.11. The summed E-state index contributed by atoms with van der Waals surface area (Å²) in [5, 5.41) is 8.74. The molecule has 1 aromatic carbocycles. The highest BCUT2D eigenvalue weighted by Crippen LogP contribution is 2.31. The molecule has 1 aliphatic heterocycles. The fourth-order valence-electron chi connectivity index (χ4n) is 2.30. The van der Waals surface area contributed by atoms with Crippen molar-refractivity contribution in [3.8, 4) is 11.8 Å². The van der Waals surface area contributed by atoms with Crippen molar-refractivity contribution in [1.29, 1.82) is 0 Å². The molecule has 104 valence electrons. The van der Waals surface area contributed by atoms with E-state index >= 15 is 0 Å². The molecule has 0 aromatic heterocycles. The summed E-state index contributed by atoms with van der Waals surface area (Å²) >= 11 is 0. The Kier molecular flexibility index (Phi) is 3.91. The topological polar surface area (TPSA) is 57.6 Å². The van der Waals surface area contributed by atoms with E-state index in [1.807, 2.05) is 13.0 Å². The van der Waals surface area contributed by atoms with E-state index < -0.39 is 0 Å². The highest BCUT2D eigenvalue weighted by Gasteiger charge is 2.43. The first-order valence-electron chi connectivity index (χ1n) is 6.55. The Hall–Kier alpha value is -2.12. The third kappa shape index (κ3) is 2.45. The van der Waals surface area contributed by atoms with Crippen LogP contribution in [-0.4, -0.2) is 23.5 Å². The Morgan fingerprint density at radius 2 is 1.75 bits per heavy atom. The van der Waals surface area contributed by atoms with Gasteiger partial charge in [0.15, 0.2) is 0 Å². The van der Waals surface area contributed by atoms with Crippen LogP contribution in [0.15, 0.2) is 18.2 Å². The lowest BCUT2D eigenvalue weighted by molar-refractivity contribution is -0.122. The number of aryl methyl sites for hydroxylation is 1. The van der Waals surface area contributed by atoms with Gasteiger partial charge in [0.05, 0.1) is 5.69 Å². The van der Waals surface area contributed by atoms with Gasteiger partial charge in [0.2, 0.25) is 11.8 Å². The number of benzene rings is 1. The molecule has 1 saturated heterocycles. The number of aliphatic hydroxyl groups is 1. The molecule has 0 aliphatic carbocycles. The molecular formula is C16H17NO3. The SMILES string of the molecule is Cc1cc(C#CCO)cc(N2C(=O)C(C)C(C)C2=O)c1. The van der Waals surface area contributed by atoms with Gasteiger partial charge >= 0.3 is 0 Å². The largest absolute Gasteiger partial charge is 0.384 e. The van der Waals surface area contributed by atoms with Crippen molar-refractivity contribution in [3.63, 3.8) is 0 Å². The molecule has 1 aliphatic rings. The van der Waals surface area contributed by atoms with Crippen LogP contribution in [0.4, 0.5) is 5.69 Å². The number of hydrogen-bond acceptors (Lipinski definition) is 3. The van der Waals surface area contributed by atoms with E-state index in [0.29, 0.717) is 11.3 Å². The summed E-state index contributed by atoms with van der Waals surface area (Å²) in [4.78, 5) is 25.6. The van der Waals surface area contributed by atoms with E-state index in [-0.39, 0.29) is 30.3 Å². The van der Waals surface area contributed by atoms with Gasteiger partial charge in [-0.15, -0.1) is 0 Å². The van der Waals surface area contributed by atoms with Crippen molar-refractivity contribution in [2.45, 2.75) is 20.8 Å². The van der Waals surface area contributed by atoms with E-state index in [2.05, 4.69) is 11.8 Å². The summed E-state index contributed by atoms with van der Waals surface area (Å²) in [6.45, 7) is 5.20. The average molecular weight is 271 g/mol. The number of carbonyl (C=O) groups is 2. The molecule has 1 fully saturated rings. The van der Waals surface area contributed by atoms with Crippen LogP contribution in [0.1, 0.15) is 25.0 Å². The molecule has 0 spiro atoms. The zero-order chi connectivity index (χ0) is 14.9. The third-order valence-electron chi connectivity index (χ3n) is 3.60. The molecule has 2 amide bonds. The van der Waals surface area contributed by atoms with Crippen molar-refractivity contribution < 1.29 is 14.7 Å². The second kappa shape index (κ2) is 5.48. The minimum atomic E-state index is -0.296. The monoisotopic (exact) mass is 271 g/mol. The maximum Gasteiger partial charge on any atom is 0.237 e. The molecule has 2 unspecified atom stereocenters. The predicted molar refractivity (Wildman–Crippen MR) is 76.0 cm³/mol. The molecule has 2 atom stereocenters. The number of rotatable bonds is 1. The zero-order valence-corrected chi connectivity index (χ0v) is 11.8. The van der Waals surface area contributed by atoms with Crippen LogP contribution >= 0.6 is 0 Å². The summed E-state index contributed by atoms with van der Waals surface area (Å²) in [5.41, 5.74) is 2.15. The Labute approximate surface area is 118 Å². The van der Waals surface area contributed by atoms with Gasteiger partial charge in [0.25, 0.3) is 0 Å². The van der Waals surface area contributed by atoms with Gasteiger partial charge in [-0.2, -0.15) is 0 Å². The molecule has 4 nitrogen and oxygen atoms in total. The van der Waals surface area contributed by atoms with Crippen molar-refractivity contribution in [1.82, 2.24) is 0 Å². The average Bonchev–Trinajstić information content (AvgIpc) is 2.60. The molecule has 0 radical (unpaired) electrons. The van der Waals surface area contributed by atoms with Gasteiger partial charge in [-0.3, -0.25) is 14.5 Å². The summed E-state index contributed by atoms with van der Waals surface area (Å²) < 4.78 is 0. The smallest absolute Gasteiger partial charge is 0.237 e.